The molecule has 0 fully saturated rings. The first kappa shape index (κ1) is 14.4. The molecule has 0 heterocycles. The summed E-state index contributed by atoms with van der Waals surface area (Å²) in [6.07, 6.45) is 0.736. The van der Waals surface area contributed by atoms with Gasteiger partial charge >= 0.3 is 0 Å². The third-order valence-corrected chi connectivity index (χ3v) is 3.88. The Kier molecular flexibility index (Phi) is 4.83. The monoisotopic (exact) mass is 294 g/mol. The van der Waals surface area contributed by atoms with Crippen LogP contribution in [0.4, 0.5) is 0 Å². The zero-order chi connectivity index (χ0) is 13.8. The van der Waals surface area contributed by atoms with Crippen molar-refractivity contribution in [3.8, 4) is 0 Å². The van der Waals surface area contributed by atoms with Crippen molar-refractivity contribution in [2.45, 2.75) is 19.4 Å². The average molecular weight is 295 g/mol. The van der Waals surface area contributed by atoms with E-state index >= 15 is 0 Å². The summed E-state index contributed by atoms with van der Waals surface area (Å²) in [6, 6.07) is 13.7. The third-order valence-electron chi connectivity index (χ3n) is 3.13. The Hall–Kier alpha value is -1.06. The fourth-order valence-corrected chi connectivity index (χ4v) is 2.57. The highest BCUT2D eigenvalue weighted by atomic mass is 35.5. The van der Waals surface area contributed by atoms with Crippen LogP contribution in [0.15, 0.2) is 42.5 Å². The average Bonchev–Trinajstić information content (AvgIpc) is 2.40. The summed E-state index contributed by atoms with van der Waals surface area (Å²) in [4.78, 5) is 0. The number of aryl methyl sites for hydroxylation is 1. The molecule has 0 aromatic heterocycles. The molecule has 0 aliphatic heterocycles. The second-order valence-electron chi connectivity index (χ2n) is 4.53. The smallest absolute Gasteiger partial charge is 0.0515 e. The summed E-state index contributed by atoms with van der Waals surface area (Å²) in [5.74, 6) is 5.67. The van der Waals surface area contributed by atoms with Crippen molar-refractivity contribution in [2.24, 2.45) is 5.84 Å². The molecule has 0 amide bonds. The summed E-state index contributed by atoms with van der Waals surface area (Å²) in [5, 5.41) is 1.48. The van der Waals surface area contributed by atoms with E-state index in [2.05, 4.69) is 5.43 Å². The molecule has 0 aliphatic carbocycles. The first-order valence-corrected chi connectivity index (χ1v) is 6.83. The first-order valence-electron chi connectivity index (χ1n) is 6.07. The van der Waals surface area contributed by atoms with Crippen molar-refractivity contribution in [1.29, 1.82) is 0 Å². The number of rotatable bonds is 4. The van der Waals surface area contributed by atoms with Crippen LogP contribution in [0.3, 0.4) is 0 Å². The Labute approximate surface area is 123 Å². The van der Waals surface area contributed by atoms with Gasteiger partial charge in [0.1, 0.15) is 0 Å². The number of hydrogen-bond donors (Lipinski definition) is 2. The quantitative estimate of drug-likeness (QED) is 0.659. The molecule has 2 aromatic carbocycles. The standard InChI is InChI=1S/C15H16Cl2N2/c1-10-4-2-7-13(15(10)17)14(19-18)9-11-5-3-6-12(16)8-11/h2-8,14,19H,9,18H2,1H3. The largest absolute Gasteiger partial charge is 0.271 e. The van der Waals surface area contributed by atoms with Crippen LogP contribution in [0, 0.1) is 6.92 Å². The van der Waals surface area contributed by atoms with Crippen molar-refractivity contribution in [3.05, 3.63) is 69.2 Å². The Morgan fingerprint density at radius 2 is 1.89 bits per heavy atom. The third kappa shape index (κ3) is 3.48. The fraction of sp³-hybridized carbons (Fsp3) is 0.200. The molecule has 0 radical (unpaired) electrons. The lowest BCUT2D eigenvalue weighted by Gasteiger charge is -2.19. The van der Waals surface area contributed by atoms with Gasteiger partial charge in [-0.25, -0.2) is 0 Å². The SMILES string of the molecule is Cc1cccc(C(Cc2cccc(Cl)c2)NN)c1Cl. The molecule has 100 valence electrons. The highest BCUT2D eigenvalue weighted by Gasteiger charge is 2.15. The van der Waals surface area contributed by atoms with E-state index in [9.17, 15) is 0 Å². The van der Waals surface area contributed by atoms with Gasteiger partial charge in [0.25, 0.3) is 0 Å². The van der Waals surface area contributed by atoms with Crippen LogP contribution in [0.25, 0.3) is 0 Å². The minimum atomic E-state index is -0.0362. The zero-order valence-corrected chi connectivity index (χ0v) is 12.2. The molecule has 1 unspecified atom stereocenters. The molecule has 1 atom stereocenters. The van der Waals surface area contributed by atoms with E-state index in [1.807, 2.05) is 49.4 Å². The van der Waals surface area contributed by atoms with Crippen LogP contribution in [-0.4, -0.2) is 0 Å². The molecule has 0 aliphatic rings. The Balaban J connectivity index is 2.28. The summed E-state index contributed by atoms with van der Waals surface area (Å²) in [5.41, 5.74) is 6.00. The van der Waals surface area contributed by atoms with Crippen LogP contribution in [0.1, 0.15) is 22.7 Å². The second kappa shape index (κ2) is 6.40. The molecule has 19 heavy (non-hydrogen) atoms. The Bertz CT molecular complexity index is 570. The van der Waals surface area contributed by atoms with Crippen molar-refractivity contribution in [3.63, 3.8) is 0 Å². The van der Waals surface area contributed by atoms with Gasteiger partial charge in [-0.05, 0) is 42.2 Å². The van der Waals surface area contributed by atoms with E-state index in [1.54, 1.807) is 0 Å². The van der Waals surface area contributed by atoms with Gasteiger partial charge in [-0.15, -0.1) is 0 Å². The molecule has 2 rings (SSSR count). The number of nitrogens with one attached hydrogen (secondary N) is 1. The van der Waals surface area contributed by atoms with Crippen molar-refractivity contribution in [1.82, 2.24) is 5.43 Å². The number of hydrazine groups is 1. The lowest BCUT2D eigenvalue weighted by molar-refractivity contribution is 0.552. The normalized spacial score (nSPS) is 12.4. The van der Waals surface area contributed by atoms with Gasteiger partial charge in [0.05, 0.1) is 6.04 Å². The van der Waals surface area contributed by atoms with Crippen LogP contribution in [0.2, 0.25) is 10.0 Å². The molecular weight excluding hydrogens is 279 g/mol. The number of hydrogen-bond acceptors (Lipinski definition) is 2. The maximum atomic E-state index is 6.34. The molecule has 4 heteroatoms. The number of halogens is 2. The minimum Gasteiger partial charge on any atom is -0.271 e. The molecule has 0 saturated heterocycles. The Morgan fingerprint density at radius 3 is 2.58 bits per heavy atom. The molecular formula is C15H16Cl2N2. The van der Waals surface area contributed by atoms with Crippen LogP contribution in [-0.2, 0) is 6.42 Å². The lowest BCUT2D eigenvalue weighted by atomic mass is 9.98. The van der Waals surface area contributed by atoms with Crippen LogP contribution in [0.5, 0.6) is 0 Å². The van der Waals surface area contributed by atoms with Gasteiger partial charge < -0.3 is 0 Å². The van der Waals surface area contributed by atoms with Crippen LogP contribution >= 0.6 is 23.2 Å². The molecule has 0 bridgehead atoms. The van der Waals surface area contributed by atoms with Crippen molar-refractivity contribution >= 4 is 23.2 Å². The highest BCUT2D eigenvalue weighted by Crippen LogP contribution is 2.28. The van der Waals surface area contributed by atoms with Gasteiger partial charge in [-0.2, -0.15) is 0 Å². The van der Waals surface area contributed by atoms with E-state index < -0.39 is 0 Å². The van der Waals surface area contributed by atoms with Gasteiger partial charge in [-0.1, -0.05) is 53.5 Å². The maximum Gasteiger partial charge on any atom is 0.0515 e. The molecule has 2 aromatic rings. The molecule has 3 N–H and O–H groups in total. The van der Waals surface area contributed by atoms with Gasteiger partial charge in [0.15, 0.2) is 0 Å². The molecule has 0 saturated carbocycles. The van der Waals surface area contributed by atoms with Crippen LogP contribution < -0.4 is 11.3 Å². The maximum absolute atomic E-state index is 6.34. The predicted molar refractivity (Wildman–Crippen MR) is 81.4 cm³/mol. The zero-order valence-electron chi connectivity index (χ0n) is 10.7. The summed E-state index contributed by atoms with van der Waals surface area (Å²) in [7, 11) is 0. The number of benzene rings is 2. The highest BCUT2D eigenvalue weighted by molar-refractivity contribution is 6.32. The van der Waals surface area contributed by atoms with Crippen molar-refractivity contribution < 1.29 is 0 Å². The first-order chi connectivity index (χ1) is 9.11. The van der Waals surface area contributed by atoms with E-state index in [-0.39, 0.29) is 6.04 Å². The summed E-state index contributed by atoms with van der Waals surface area (Å²) in [6.45, 7) is 1.98. The topological polar surface area (TPSA) is 38.0 Å². The lowest BCUT2D eigenvalue weighted by Crippen LogP contribution is -2.29. The van der Waals surface area contributed by atoms with Crippen molar-refractivity contribution in [2.75, 3.05) is 0 Å². The number of nitrogens with two attached hydrogens (primary N) is 1. The summed E-state index contributed by atoms with van der Waals surface area (Å²) < 4.78 is 0. The van der Waals surface area contributed by atoms with E-state index in [4.69, 9.17) is 29.0 Å². The molecule has 0 spiro atoms. The Morgan fingerprint density at radius 1 is 1.16 bits per heavy atom. The fourth-order valence-electron chi connectivity index (χ4n) is 2.10. The second-order valence-corrected chi connectivity index (χ2v) is 5.35. The van der Waals surface area contributed by atoms with Gasteiger partial charge in [0.2, 0.25) is 0 Å². The summed E-state index contributed by atoms with van der Waals surface area (Å²) >= 11 is 12.3. The van der Waals surface area contributed by atoms with E-state index in [0.29, 0.717) is 0 Å². The minimum absolute atomic E-state index is 0.0362. The van der Waals surface area contributed by atoms with Gasteiger partial charge in [0, 0.05) is 10.0 Å². The molecule has 2 nitrogen and oxygen atoms in total. The predicted octanol–water partition coefficient (Wildman–Crippen LogP) is 4.05. The van der Waals surface area contributed by atoms with E-state index in [1.165, 1.54) is 0 Å². The van der Waals surface area contributed by atoms with Gasteiger partial charge in [-0.3, -0.25) is 11.3 Å². The van der Waals surface area contributed by atoms with E-state index in [0.717, 1.165) is 33.2 Å².